The van der Waals surface area contributed by atoms with Crippen LogP contribution in [-0.2, 0) is 4.74 Å². The number of ether oxygens (including phenoxy) is 1. The zero-order valence-electron chi connectivity index (χ0n) is 17.8. The van der Waals surface area contributed by atoms with E-state index in [1.807, 2.05) is 45.0 Å². The summed E-state index contributed by atoms with van der Waals surface area (Å²) >= 11 is 0. The number of aliphatic hydroxyl groups is 1. The molecule has 2 atom stereocenters. The third kappa shape index (κ3) is 5.23. The third-order valence-corrected chi connectivity index (χ3v) is 5.28. The summed E-state index contributed by atoms with van der Waals surface area (Å²) in [5, 5.41) is 12.5. The van der Waals surface area contributed by atoms with Gasteiger partial charge >= 0.3 is 6.09 Å². The third-order valence-electron chi connectivity index (χ3n) is 5.28. The Balaban J connectivity index is 1.65. The number of nitrogens with zero attached hydrogens (tertiary/aromatic N) is 2. The molecule has 1 aliphatic rings. The van der Waals surface area contributed by atoms with Gasteiger partial charge < -0.3 is 15.2 Å². The van der Waals surface area contributed by atoms with Crippen molar-refractivity contribution in [2.75, 3.05) is 26.2 Å². The van der Waals surface area contributed by atoms with Crippen LogP contribution in [0.15, 0.2) is 48.8 Å². The molecule has 0 bridgehead atoms. The van der Waals surface area contributed by atoms with Gasteiger partial charge in [-0.1, -0.05) is 12.1 Å². The van der Waals surface area contributed by atoms with Gasteiger partial charge in [0.25, 0.3) is 5.91 Å². The second-order valence-corrected chi connectivity index (χ2v) is 8.75. The largest absolute Gasteiger partial charge is 0.516 e. The van der Waals surface area contributed by atoms with E-state index in [1.165, 1.54) is 0 Å². The Labute approximate surface area is 177 Å². The average molecular weight is 413 g/mol. The number of benzene rings is 1. The summed E-state index contributed by atoms with van der Waals surface area (Å²) in [6.45, 7) is 6.58. The maximum absolute atomic E-state index is 12.8. The van der Waals surface area contributed by atoms with Gasteiger partial charge in [0.1, 0.15) is 18.7 Å². The number of pyridine rings is 1. The van der Waals surface area contributed by atoms with E-state index in [4.69, 9.17) is 4.74 Å². The molecule has 0 spiro atoms. The number of hydrogen-bond acceptors (Lipinski definition) is 5. The van der Waals surface area contributed by atoms with Gasteiger partial charge in [0.15, 0.2) is 0 Å². The molecule has 2 amide bonds. The smallest absolute Gasteiger partial charge is 0.414 e. The number of carbonyl (C=O) groups is 2. The van der Waals surface area contributed by atoms with Crippen LogP contribution in [0.25, 0.3) is 11.1 Å². The van der Waals surface area contributed by atoms with Crippen molar-refractivity contribution in [2.45, 2.75) is 38.8 Å². The van der Waals surface area contributed by atoms with Crippen molar-refractivity contribution in [3.63, 3.8) is 0 Å². The molecular weight excluding hydrogens is 382 g/mol. The maximum atomic E-state index is 12.8. The van der Waals surface area contributed by atoms with E-state index in [2.05, 4.69) is 10.3 Å². The first-order valence-electron chi connectivity index (χ1n) is 10.2. The maximum Gasteiger partial charge on any atom is 0.516 e. The first kappa shape index (κ1) is 21.9. The SMILES string of the molecule is CC(C)(C)OC(=O)[N+]1(CCO)CCC(NC(=O)c2ccc(-c3ccncc3)cc2)C1. The zero-order valence-corrected chi connectivity index (χ0v) is 17.8. The molecule has 7 nitrogen and oxygen atoms in total. The molecule has 2 N–H and O–H groups in total. The Morgan fingerprint density at radius 3 is 2.37 bits per heavy atom. The van der Waals surface area contributed by atoms with E-state index in [1.54, 1.807) is 24.5 Å². The summed E-state index contributed by atoms with van der Waals surface area (Å²) in [5.74, 6) is -0.172. The van der Waals surface area contributed by atoms with Gasteiger partial charge in [0.2, 0.25) is 0 Å². The number of aliphatic hydroxyl groups excluding tert-OH is 1. The van der Waals surface area contributed by atoms with Crippen molar-refractivity contribution < 1.29 is 23.9 Å². The van der Waals surface area contributed by atoms with E-state index in [0.717, 1.165) is 11.1 Å². The van der Waals surface area contributed by atoms with Crippen LogP contribution < -0.4 is 5.32 Å². The first-order chi connectivity index (χ1) is 14.2. The molecule has 1 aromatic carbocycles. The van der Waals surface area contributed by atoms with E-state index < -0.39 is 5.60 Å². The number of hydrogen-bond donors (Lipinski definition) is 2. The molecule has 7 heteroatoms. The van der Waals surface area contributed by atoms with E-state index in [0.29, 0.717) is 25.1 Å². The van der Waals surface area contributed by atoms with Gasteiger partial charge in [-0.2, -0.15) is 4.79 Å². The van der Waals surface area contributed by atoms with E-state index >= 15 is 0 Å². The van der Waals surface area contributed by atoms with Crippen molar-refractivity contribution in [2.24, 2.45) is 0 Å². The van der Waals surface area contributed by atoms with Crippen LogP contribution in [0.5, 0.6) is 0 Å². The van der Waals surface area contributed by atoms with Crippen molar-refractivity contribution in [3.05, 3.63) is 54.4 Å². The van der Waals surface area contributed by atoms with Crippen molar-refractivity contribution >= 4 is 12.0 Å². The molecule has 0 aliphatic carbocycles. The highest BCUT2D eigenvalue weighted by atomic mass is 16.6. The van der Waals surface area contributed by atoms with Gasteiger partial charge in [-0.05, 0) is 56.2 Å². The Morgan fingerprint density at radius 1 is 1.13 bits per heavy atom. The predicted molar refractivity (Wildman–Crippen MR) is 114 cm³/mol. The lowest BCUT2D eigenvalue weighted by Gasteiger charge is -2.32. The number of rotatable bonds is 5. The molecule has 30 heavy (non-hydrogen) atoms. The van der Waals surface area contributed by atoms with Crippen molar-refractivity contribution in [1.29, 1.82) is 0 Å². The summed E-state index contributed by atoms with van der Waals surface area (Å²) in [4.78, 5) is 29.5. The quantitative estimate of drug-likeness (QED) is 0.737. The fraction of sp³-hybridized carbons (Fsp3) is 0.435. The Morgan fingerprint density at radius 2 is 1.77 bits per heavy atom. The van der Waals surface area contributed by atoms with Crippen molar-refractivity contribution in [3.8, 4) is 11.1 Å². The fourth-order valence-electron chi connectivity index (χ4n) is 3.76. The summed E-state index contributed by atoms with van der Waals surface area (Å²) in [6, 6.07) is 11.1. The lowest BCUT2D eigenvalue weighted by molar-refractivity contribution is -0.847. The standard InChI is InChI=1S/C23H29N3O4/c1-23(2,3)30-22(29)26(14-15-27)13-10-20(16-26)25-21(28)19-6-4-17(5-7-19)18-8-11-24-12-9-18/h4-9,11-12,20,27H,10,13-16H2,1-3H3/p+1. The van der Waals surface area contributed by atoms with Crippen LogP contribution in [0.3, 0.4) is 0 Å². The second-order valence-electron chi connectivity index (χ2n) is 8.75. The van der Waals surface area contributed by atoms with E-state index in [-0.39, 0.29) is 35.7 Å². The predicted octanol–water partition coefficient (Wildman–Crippen LogP) is 2.99. The molecule has 1 aromatic heterocycles. The van der Waals surface area contributed by atoms with Gasteiger partial charge in [0, 0.05) is 24.4 Å². The average Bonchev–Trinajstić information content (AvgIpc) is 3.12. The zero-order chi connectivity index (χ0) is 21.8. The Bertz CT molecular complexity index is 878. The molecule has 1 fully saturated rings. The van der Waals surface area contributed by atoms with E-state index in [9.17, 15) is 14.7 Å². The van der Waals surface area contributed by atoms with Gasteiger partial charge in [-0.25, -0.2) is 4.48 Å². The van der Waals surface area contributed by atoms with Gasteiger partial charge in [0.05, 0.1) is 19.2 Å². The van der Waals surface area contributed by atoms with Crippen LogP contribution in [0.1, 0.15) is 37.6 Å². The van der Waals surface area contributed by atoms with Crippen molar-refractivity contribution in [1.82, 2.24) is 10.3 Å². The normalized spacial score (nSPS) is 21.3. The number of likely N-dealkylation sites (tertiary alicyclic amines) is 1. The van der Waals surface area contributed by atoms with Crippen LogP contribution in [0.4, 0.5) is 4.79 Å². The molecule has 2 heterocycles. The highest BCUT2D eigenvalue weighted by molar-refractivity contribution is 5.94. The molecule has 1 saturated heterocycles. The molecule has 0 radical (unpaired) electrons. The molecule has 2 aromatic rings. The molecule has 1 aliphatic heterocycles. The number of quaternary nitrogens is 1. The fourth-order valence-corrected chi connectivity index (χ4v) is 3.76. The molecule has 3 rings (SSSR count). The summed E-state index contributed by atoms with van der Waals surface area (Å²) < 4.78 is 5.60. The monoisotopic (exact) mass is 412 g/mol. The summed E-state index contributed by atoms with van der Waals surface area (Å²) in [6.07, 6.45) is 3.77. The van der Waals surface area contributed by atoms with Crippen LogP contribution in [0.2, 0.25) is 0 Å². The van der Waals surface area contributed by atoms with Crippen LogP contribution in [-0.4, -0.2) is 64.5 Å². The highest BCUT2D eigenvalue weighted by Crippen LogP contribution is 2.25. The minimum atomic E-state index is -0.602. The minimum Gasteiger partial charge on any atom is -0.414 e. The summed E-state index contributed by atoms with van der Waals surface area (Å²) in [7, 11) is 0. The molecule has 160 valence electrons. The molecule has 2 unspecified atom stereocenters. The Hall–Kier alpha value is -2.77. The molecular formula is C23H30N3O4+. The summed E-state index contributed by atoms with van der Waals surface area (Å²) in [5.41, 5.74) is 2.02. The minimum absolute atomic E-state index is 0.0275. The Kier molecular flexibility index (Phi) is 6.53. The topological polar surface area (TPSA) is 88.5 Å². The van der Waals surface area contributed by atoms with Crippen LogP contribution in [0, 0.1) is 0 Å². The van der Waals surface area contributed by atoms with Crippen LogP contribution >= 0.6 is 0 Å². The molecule has 0 saturated carbocycles. The highest BCUT2D eigenvalue weighted by Gasteiger charge is 2.47. The lowest BCUT2D eigenvalue weighted by Crippen LogP contribution is -2.56. The number of carbonyl (C=O) groups excluding carboxylic acids is 2. The number of nitrogens with one attached hydrogen (secondary N) is 1. The first-order valence-corrected chi connectivity index (χ1v) is 10.2. The van der Waals surface area contributed by atoms with Gasteiger partial charge in [-0.15, -0.1) is 0 Å². The second kappa shape index (κ2) is 8.93. The number of aromatic nitrogens is 1. The van der Waals surface area contributed by atoms with Gasteiger partial charge in [-0.3, -0.25) is 9.78 Å². The number of amides is 2. The lowest BCUT2D eigenvalue weighted by atomic mass is 10.0.